The lowest BCUT2D eigenvalue weighted by Crippen LogP contribution is -2.42. The first-order chi connectivity index (χ1) is 12.6. The van der Waals surface area contributed by atoms with E-state index in [1.165, 1.54) is 0 Å². The van der Waals surface area contributed by atoms with E-state index in [1.54, 1.807) is 4.68 Å². The Labute approximate surface area is 159 Å². The second kappa shape index (κ2) is 8.64. The Hall–Kier alpha value is -1.92. The van der Waals surface area contributed by atoms with Crippen molar-refractivity contribution in [2.24, 2.45) is 5.92 Å². The van der Waals surface area contributed by atoms with Gasteiger partial charge in [0.25, 0.3) is 5.91 Å². The summed E-state index contributed by atoms with van der Waals surface area (Å²) in [5.74, 6) is 0.484. The van der Waals surface area contributed by atoms with Gasteiger partial charge in [0, 0.05) is 18.1 Å². The molecule has 6 nitrogen and oxygen atoms in total. The molecule has 1 aromatic carbocycles. The van der Waals surface area contributed by atoms with Crippen molar-refractivity contribution >= 4 is 17.5 Å². The first-order valence-electron chi connectivity index (χ1n) is 9.28. The summed E-state index contributed by atoms with van der Waals surface area (Å²) in [6.45, 7) is 4.58. The van der Waals surface area contributed by atoms with Crippen LogP contribution < -0.4 is 5.32 Å². The number of nitrogens with zero attached hydrogens (tertiary/aromatic N) is 4. The SMILES string of the molecule is CCCc1c(C(=O)N2CCCC(CNC)C2)nnn1-c1cccc(Cl)c1. The van der Waals surface area contributed by atoms with Crippen molar-refractivity contribution in [1.82, 2.24) is 25.2 Å². The first-order valence-corrected chi connectivity index (χ1v) is 9.66. The van der Waals surface area contributed by atoms with E-state index in [4.69, 9.17) is 11.6 Å². The summed E-state index contributed by atoms with van der Waals surface area (Å²) >= 11 is 6.12. The minimum atomic E-state index is -0.0115. The van der Waals surface area contributed by atoms with Crippen molar-refractivity contribution in [1.29, 1.82) is 0 Å². The van der Waals surface area contributed by atoms with Crippen LogP contribution in [-0.2, 0) is 6.42 Å². The van der Waals surface area contributed by atoms with Crippen LogP contribution in [0, 0.1) is 5.92 Å². The number of carbonyl (C=O) groups excluding carboxylic acids is 1. The van der Waals surface area contributed by atoms with Gasteiger partial charge < -0.3 is 10.2 Å². The topological polar surface area (TPSA) is 63.1 Å². The number of nitrogens with one attached hydrogen (secondary N) is 1. The van der Waals surface area contributed by atoms with Gasteiger partial charge in [-0.3, -0.25) is 4.79 Å². The fourth-order valence-electron chi connectivity index (χ4n) is 3.60. The number of amides is 1. The Morgan fingerprint density at radius 3 is 3.00 bits per heavy atom. The van der Waals surface area contributed by atoms with Crippen LogP contribution in [0.5, 0.6) is 0 Å². The summed E-state index contributed by atoms with van der Waals surface area (Å²) in [6, 6.07) is 7.47. The zero-order valence-electron chi connectivity index (χ0n) is 15.4. The molecule has 140 valence electrons. The second-order valence-corrected chi connectivity index (χ2v) is 7.28. The molecule has 26 heavy (non-hydrogen) atoms. The van der Waals surface area contributed by atoms with Gasteiger partial charge >= 0.3 is 0 Å². The molecule has 1 unspecified atom stereocenters. The molecule has 2 aromatic rings. The van der Waals surface area contributed by atoms with Crippen LogP contribution >= 0.6 is 11.6 Å². The fraction of sp³-hybridized carbons (Fsp3) is 0.526. The van der Waals surface area contributed by atoms with Crippen molar-refractivity contribution in [2.45, 2.75) is 32.6 Å². The predicted molar refractivity (Wildman–Crippen MR) is 103 cm³/mol. The molecule has 0 saturated carbocycles. The van der Waals surface area contributed by atoms with E-state index in [9.17, 15) is 4.79 Å². The molecule has 1 aliphatic rings. The van der Waals surface area contributed by atoms with Crippen molar-refractivity contribution in [3.63, 3.8) is 0 Å². The smallest absolute Gasteiger partial charge is 0.276 e. The third-order valence-corrected chi connectivity index (χ3v) is 5.04. The van der Waals surface area contributed by atoms with Gasteiger partial charge in [0.1, 0.15) is 0 Å². The minimum absolute atomic E-state index is 0.0115. The fourth-order valence-corrected chi connectivity index (χ4v) is 3.78. The molecule has 2 heterocycles. The van der Waals surface area contributed by atoms with E-state index >= 15 is 0 Å². The van der Waals surface area contributed by atoms with Crippen LogP contribution in [0.15, 0.2) is 24.3 Å². The molecule has 0 spiro atoms. The molecule has 1 aliphatic heterocycles. The van der Waals surface area contributed by atoms with E-state index in [0.29, 0.717) is 16.6 Å². The van der Waals surface area contributed by atoms with Gasteiger partial charge in [0.05, 0.1) is 11.4 Å². The maximum absolute atomic E-state index is 13.1. The van der Waals surface area contributed by atoms with Gasteiger partial charge in [0.2, 0.25) is 0 Å². The van der Waals surface area contributed by atoms with Crippen LogP contribution in [0.4, 0.5) is 0 Å². The number of benzene rings is 1. The predicted octanol–water partition coefficient (Wildman–Crippen LogP) is 2.94. The van der Waals surface area contributed by atoms with Crippen molar-refractivity contribution in [3.05, 3.63) is 40.7 Å². The first kappa shape index (κ1) is 18.9. The van der Waals surface area contributed by atoms with Crippen molar-refractivity contribution in [2.75, 3.05) is 26.7 Å². The number of hydrogen-bond donors (Lipinski definition) is 1. The lowest BCUT2D eigenvalue weighted by Gasteiger charge is -2.32. The third-order valence-electron chi connectivity index (χ3n) is 4.80. The standard InChI is InChI=1S/C19H26ClN5O/c1-3-6-17-18(19(26)24-10-5-7-14(13-24)12-21-2)22-23-25(17)16-9-4-8-15(20)11-16/h4,8-9,11,14,21H,3,5-7,10,12-13H2,1-2H3. The van der Waals surface area contributed by atoms with E-state index in [-0.39, 0.29) is 5.91 Å². The second-order valence-electron chi connectivity index (χ2n) is 6.84. The summed E-state index contributed by atoms with van der Waals surface area (Å²) in [5.41, 5.74) is 2.16. The summed E-state index contributed by atoms with van der Waals surface area (Å²) in [6.07, 6.45) is 3.84. The summed E-state index contributed by atoms with van der Waals surface area (Å²) < 4.78 is 1.75. The van der Waals surface area contributed by atoms with E-state index in [2.05, 4.69) is 22.6 Å². The van der Waals surface area contributed by atoms with Gasteiger partial charge in [-0.15, -0.1) is 5.10 Å². The number of hydrogen-bond acceptors (Lipinski definition) is 4. The Morgan fingerprint density at radius 2 is 2.27 bits per heavy atom. The lowest BCUT2D eigenvalue weighted by molar-refractivity contribution is 0.0667. The molecule has 1 atom stereocenters. The molecule has 0 bridgehead atoms. The summed E-state index contributed by atoms with van der Waals surface area (Å²) in [7, 11) is 1.96. The molecular weight excluding hydrogens is 350 g/mol. The monoisotopic (exact) mass is 375 g/mol. The molecule has 0 aliphatic carbocycles. The van der Waals surface area contributed by atoms with Crippen LogP contribution in [0.1, 0.15) is 42.4 Å². The molecule has 3 rings (SSSR count). The third kappa shape index (κ3) is 4.07. The normalized spacial score (nSPS) is 17.5. The largest absolute Gasteiger partial charge is 0.337 e. The number of likely N-dealkylation sites (tertiary alicyclic amines) is 1. The Bertz CT molecular complexity index is 758. The van der Waals surface area contributed by atoms with Gasteiger partial charge in [-0.1, -0.05) is 36.2 Å². The highest BCUT2D eigenvalue weighted by Gasteiger charge is 2.28. The van der Waals surface area contributed by atoms with Crippen LogP contribution in [0.2, 0.25) is 5.02 Å². The van der Waals surface area contributed by atoms with E-state index in [0.717, 1.165) is 56.7 Å². The lowest BCUT2D eigenvalue weighted by atomic mass is 9.97. The van der Waals surface area contributed by atoms with Crippen LogP contribution in [0.25, 0.3) is 5.69 Å². The molecule has 1 N–H and O–H groups in total. The average molecular weight is 376 g/mol. The van der Waals surface area contributed by atoms with Gasteiger partial charge in [0.15, 0.2) is 5.69 Å². The average Bonchev–Trinajstić information content (AvgIpc) is 3.06. The Kier molecular flexibility index (Phi) is 6.27. The number of halogens is 1. The molecule has 1 amide bonds. The van der Waals surface area contributed by atoms with Crippen LogP contribution in [-0.4, -0.2) is 52.5 Å². The quantitative estimate of drug-likeness (QED) is 0.843. The minimum Gasteiger partial charge on any atom is -0.337 e. The summed E-state index contributed by atoms with van der Waals surface area (Å²) in [5, 5.41) is 12.4. The molecule has 1 aromatic heterocycles. The van der Waals surface area contributed by atoms with Gasteiger partial charge in [-0.2, -0.15) is 0 Å². The highest BCUT2D eigenvalue weighted by Crippen LogP contribution is 2.22. The molecule has 1 fully saturated rings. The number of aromatic nitrogens is 3. The molecular formula is C19H26ClN5O. The van der Waals surface area contributed by atoms with Crippen molar-refractivity contribution in [3.8, 4) is 5.69 Å². The maximum atomic E-state index is 13.1. The van der Waals surface area contributed by atoms with Crippen LogP contribution in [0.3, 0.4) is 0 Å². The highest BCUT2D eigenvalue weighted by molar-refractivity contribution is 6.30. The highest BCUT2D eigenvalue weighted by atomic mass is 35.5. The van der Waals surface area contributed by atoms with E-state index < -0.39 is 0 Å². The van der Waals surface area contributed by atoms with Gasteiger partial charge in [-0.05, 0) is 57.0 Å². The summed E-state index contributed by atoms with van der Waals surface area (Å²) in [4.78, 5) is 15.0. The van der Waals surface area contributed by atoms with Crippen molar-refractivity contribution < 1.29 is 4.79 Å². The molecule has 1 saturated heterocycles. The zero-order chi connectivity index (χ0) is 18.5. The van der Waals surface area contributed by atoms with E-state index in [1.807, 2.05) is 36.2 Å². The number of rotatable bonds is 6. The number of piperidine rings is 1. The van der Waals surface area contributed by atoms with Gasteiger partial charge in [-0.25, -0.2) is 4.68 Å². The molecule has 0 radical (unpaired) electrons. The Balaban J connectivity index is 1.88. The number of carbonyl (C=O) groups is 1. The molecule has 7 heteroatoms. The zero-order valence-corrected chi connectivity index (χ0v) is 16.2. The Morgan fingerprint density at radius 1 is 1.42 bits per heavy atom. The maximum Gasteiger partial charge on any atom is 0.276 e.